The molecule has 0 radical (unpaired) electrons. The molecule has 1 aromatic rings. The Morgan fingerprint density at radius 2 is 1.92 bits per heavy atom. The van der Waals surface area contributed by atoms with Crippen molar-refractivity contribution >= 4 is 0 Å². The second kappa shape index (κ2) is 5.00. The summed E-state index contributed by atoms with van der Waals surface area (Å²) >= 11 is 0. The molecule has 0 bridgehead atoms. The van der Waals surface area contributed by atoms with Crippen molar-refractivity contribution in [1.82, 2.24) is 0 Å². The Balaban J connectivity index is 2.50. The number of nitrogens with two attached hydrogens (primary N) is 1. The van der Waals surface area contributed by atoms with Crippen LogP contribution < -0.4 is 5.73 Å². The Kier molecular flexibility index (Phi) is 3.93. The summed E-state index contributed by atoms with van der Waals surface area (Å²) in [5, 5.41) is 9.46. The molecule has 0 aliphatic heterocycles. The van der Waals surface area contributed by atoms with Gasteiger partial charge in [0, 0.05) is 6.04 Å². The minimum Gasteiger partial charge on any atom is -0.392 e. The Morgan fingerprint density at radius 1 is 1.31 bits per heavy atom. The van der Waals surface area contributed by atoms with Gasteiger partial charge >= 0.3 is 0 Å². The van der Waals surface area contributed by atoms with E-state index in [4.69, 9.17) is 5.73 Å². The molecule has 72 valence electrons. The molecule has 0 saturated heterocycles. The van der Waals surface area contributed by atoms with Crippen LogP contribution in [0.15, 0.2) is 30.3 Å². The molecule has 2 nitrogen and oxygen atoms in total. The minimum atomic E-state index is -0.389. The summed E-state index contributed by atoms with van der Waals surface area (Å²) in [6, 6.07) is 9.86. The molecule has 0 aliphatic rings. The van der Waals surface area contributed by atoms with E-state index in [1.165, 1.54) is 5.56 Å². The third-order valence-corrected chi connectivity index (χ3v) is 2.23. The van der Waals surface area contributed by atoms with Crippen LogP contribution in [0.5, 0.6) is 0 Å². The SMILES string of the molecule is CCC(O)C(N)Cc1ccccc1. The fourth-order valence-corrected chi connectivity index (χ4v) is 1.33. The molecule has 0 amide bonds. The molecule has 0 aliphatic carbocycles. The van der Waals surface area contributed by atoms with E-state index in [-0.39, 0.29) is 12.1 Å². The monoisotopic (exact) mass is 179 g/mol. The van der Waals surface area contributed by atoms with Crippen molar-refractivity contribution in [3.8, 4) is 0 Å². The number of hydrogen-bond acceptors (Lipinski definition) is 2. The predicted molar refractivity (Wildman–Crippen MR) is 54.4 cm³/mol. The maximum Gasteiger partial charge on any atom is 0.0691 e. The highest BCUT2D eigenvalue weighted by Crippen LogP contribution is 2.05. The van der Waals surface area contributed by atoms with Gasteiger partial charge in [-0.3, -0.25) is 0 Å². The smallest absolute Gasteiger partial charge is 0.0691 e. The van der Waals surface area contributed by atoms with Crippen molar-refractivity contribution in [3.63, 3.8) is 0 Å². The van der Waals surface area contributed by atoms with Crippen molar-refractivity contribution in [1.29, 1.82) is 0 Å². The van der Waals surface area contributed by atoms with Gasteiger partial charge in [-0.05, 0) is 18.4 Å². The van der Waals surface area contributed by atoms with Gasteiger partial charge in [0.25, 0.3) is 0 Å². The van der Waals surface area contributed by atoms with Crippen molar-refractivity contribution < 1.29 is 5.11 Å². The number of hydrogen-bond donors (Lipinski definition) is 2. The quantitative estimate of drug-likeness (QED) is 0.732. The van der Waals surface area contributed by atoms with Gasteiger partial charge in [0.2, 0.25) is 0 Å². The first-order valence-corrected chi connectivity index (χ1v) is 4.71. The lowest BCUT2D eigenvalue weighted by Crippen LogP contribution is -2.36. The van der Waals surface area contributed by atoms with E-state index in [1.807, 2.05) is 37.3 Å². The van der Waals surface area contributed by atoms with Crippen LogP contribution in [0.3, 0.4) is 0 Å². The van der Waals surface area contributed by atoms with E-state index < -0.39 is 0 Å². The highest BCUT2D eigenvalue weighted by Gasteiger charge is 2.12. The van der Waals surface area contributed by atoms with E-state index in [0.29, 0.717) is 6.42 Å². The maximum atomic E-state index is 9.46. The Labute approximate surface area is 79.4 Å². The van der Waals surface area contributed by atoms with Crippen molar-refractivity contribution in [2.45, 2.75) is 31.9 Å². The molecule has 0 saturated carbocycles. The molecule has 13 heavy (non-hydrogen) atoms. The topological polar surface area (TPSA) is 46.2 Å². The number of aliphatic hydroxyl groups is 1. The lowest BCUT2D eigenvalue weighted by atomic mass is 10.0. The van der Waals surface area contributed by atoms with E-state index in [2.05, 4.69) is 0 Å². The van der Waals surface area contributed by atoms with Crippen LogP contribution in [-0.2, 0) is 6.42 Å². The van der Waals surface area contributed by atoms with Gasteiger partial charge in [0.1, 0.15) is 0 Å². The van der Waals surface area contributed by atoms with Gasteiger partial charge in [-0.2, -0.15) is 0 Å². The van der Waals surface area contributed by atoms with Gasteiger partial charge in [-0.1, -0.05) is 37.3 Å². The zero-order valence-electron chi connectivity index (χ0n) is 7.98. The summed E-state index contributed by atoms with van der Waals surface area (Å²) in [4.78, 5) is 0. The first-order chi connectivity index (χ1) is 6.24. The van der Waals surface area contributed by atoms with Crippen LogP contribution in [0.1, 0.15) is 18.9 Å². The third kappa shape index (κ3) is 3.17. The van der Waals surface area contributed by atoms with Crippen molar-refractivity contribution in [2.75, 3.05) is 0 Å². The van der Waals surface area contributed by atoms with Gasteiger partial charge in [-0.25, -0.2) is 0 Å². The molecule has 1 aromatic carbocycles. The van der Waals surface area contributed by atoms with E-state index in [9.17, 15) is 5.11 Å². The summed E-state index contributed by atoms with van der Waals surface area (Å²) < 4.78 is 0. The molecule has 0 spiro atoms. The molecule has 2 atom stereocenters. The lowest BCUT2D eigenvalue weighted by Gasteiger charge is -2.16. The third-order valence-electron chi connectivity index (χ3n) is 2.23. The second-order valence-corrected chi connectivity index (χ2v) is 3.33. The van der Waals surface area contributed by atoms with E-state index in [1.54, 1.807) is 0 Å². The molecular formula is C11H17NO. The highest BCUT2D eigenvalue weighted by atomic mass is 16.3. The molecule has 0 aromatic heterocycles. The van der Waals surface area contributed by atoms with Crippen LogP contribution in [0, 0.1) is 0 Å². The summed E-state index contributed by atoms with van der Waals surface area (Å²) in [5.74, 6) is 0. The Hall–Kier alpha value is -0.860. The maximum absolute atomic E-state index is 9.46. The van der Waals surface area contributed by atoms with Gasteiger partial charge in [0.15, 0.2) is 0 Å². The molecule has 0 heterocycles. The van der Waals surface area contributed by atoms with Crippen LogP contribution >= 0.6 is 0 Å². The summed E-state index contributed by atoms with van der Waals surface area (Å²) in [6.45, 7) is 1.94. The molecule has 1 rings (SSSR count). The van der Waals surface area contributed by atoms with Crippen LogP contribution in [-0.4, -0.2) is 17.3 Å². The van der Waals surface area contributed by atoms with Crippen LogP contribution in [0.25, 0.3) is 0 Å². The largest absolute Gasteiger partial charge is 0.392 e. The molecular weight excluding hydrogens is 162 g/mol. The summed E-state index contributed by atoms with van der Waals surface area (Å²) in [5.41, 5.74) is 6.99. The van der Waals surface area contributed by atoms with E-state index >= 15 is 0 Å². The number of benzene rings is 1. The normalized spacial score (nSPS) is 15.3. The fraction of sp³-hybridized carbons (Fsp3) is 0.455. The van der Waals surface area contributed by atoms with Gasteiger partial charge < -0.3 is 10.8 Å². The fourth-order valence-electron chi connectivity index (χ4n) is 1.33. The molecule has 0 fully saturated rings. The molecule has 2 heteroatoms. The Bertz CT molecular complexity index is 235. The highest BCUT2D eigenvalue weighted by molar-refractivity contribution is 5.16. The van der Waals surface area contributed by atoms with Crippen LogP contribution in [0.2, 0.25) is 0 Å². The van der Waals surface area contributed by atoms with E-state index in [0.717, 1.165) is 6.42 Å². The first-order valence-electron chi connectivity index (χ1n) is 4.71. The minimum absolute atomic E-state index is 0.146. The average Bonchev–Trinajstić information content (AvgIpc) is 2.18. The summed E-state index contributed by atoms with van der Waals surface area (Å²) in [6.07, 6.45) is 1.07. The molecule has 3 N–H and O–H groups in total. The first kappa shape index (κ1) is 10.2. The zero-order valence-corrected chi connectivity index (χ0v) is 7.98. The van der Waals surface area contributed by atoms with Gasteiger partial charge in [-0.15, -0.1) is 0 Å². The second-order valence-electron chi connectivity index (χ2n) is 3.33. The zero-order chi connectivity index (χ0) is 9.68. The lowest BCUT2D eigenvalue weighted by molar-refractivity contribution is 0.140. The average molecular weight is 179 g/mol. The van der Waals surface area contributed by atoms with Crippen LogP contribution in [0.4, 0.5) is 0 Å². The number of rotatable bonds is 4. The summed E-state index contributed by atoms with van der Waals surface area (Å²) in [7, 11) is 0. The van der Waals surface area contributed by atoms with Crippen molar-refractivity contribution in [3.05, 3.63) is 35.9 Å². The standard InChI is InChI=1S/C11H17NO/c1-2-11(13)10(12)8-9-6-4-3-5-7-9/h3-7,10-11,13H,2,8,12H2,1H3. The van der Waals surface area contributed by atoms with Crippen molar-refractivity contribution in [2.24, 2.45) is 5.73 Å². The molecule has 2 unspecified atom stereocenters. The predicted octanol–water partition coefficient (Wildman–Crippen LogP) is 1.33. The Morgan fingerprint density at radius 3 is 2.46 bits per heavy atom. The number of aliphatic hydroxyl groups excluding tert-OH is 1. The van der Waals surface area contributed by atoms with Gasteiger partial charge in [0.05, 0.1) is 6.10 Å².